The molecule has 1 aromatic carbocycles. The highest BCUT2D eigenvalue weighted by atomic mass is 16.6. The molecule has 0 aromatic heterocycles. The standard InChI is InChI=1S/C13H14O4/c14-13(15)11-3-1-2-8(4-9-6-16-9)12(11)5-10-7-17-10/h1-3,9-10H,4-7H2,(H,14,15). The first-order valence-electron chi connectivity index (χ1n) is 5.81. The average molecular weight is 234 g/mol. The number of hydrogen-bond donors (Lipinski definition) is 1. The monoisotopic (exact) mass is 234 g/mol. The normalized spacial score (nSPS) is 25.6. The highest BCUT2D eigenvalue weighted by Gasteiger charge is 2.29. The molecule has 2 heterocycles. The molecule has 2 atom stereocenters. The molecule has 2 saturated heterocycles. The molecule has 4 heteroatoms. The Balaban J connectivity index is 1.92. The zero-order valence-electron chi connectivity index (χ0n) is 9.39. The van der Waals surface area contributed by atoms with E-state index >= 15 is 0 Å². The SMILES string of the molecule is O=C(O)c1cccc(CC2CO2)c1CC1CO1. The van der Waals surface area contributed by atoms with E-state index in [9.17, 15) is 9.90 Å². The summed E-state index contributed by atoms with van der Waals surface area (Å²) in [5.41, 5.74) is 2.40. The largest absolute Gasteiger partial charge is 0.478 e. The topological polar surface area (TPSA) is 62.4 Å². The summed E-state index contributed by atoms with van der Waals surface area (Å²) in [5.74, 6) is -0.862. The molecule has 3 rings (SSSR count). The molecule has 0 radical (unpaired) electrons. The number of carboxylic acids is 1. The Bertz CT molecular complexity index is 447. The second kappa shape index (κ2) is 4.13. The fraction of sp³-hybridized carbons (Fsp3) is 0.462. The molecule has 1 N–H and O–H groups in total. The number of carboxylic acid groups (broad SMARTS) is 1. The Morgan fingerprint density at radius 2 is 1.88 bits per heavy atom. The highest BCUT2D eigenvalue weighted by Crippen LogP contribution is 2.26. The van der Waals surface area contributed by atoms with Crippen molar-refractivity contribution in [3.05, 3.63) is 34.9 Å². The number of carbonyl (C=O) groups is 1. The second-order valence-corrected chi connectivity index (χ2v) is 4.57. The van der Waals surface area contributed by atoms with Crippen LogP contribution in [0.3, 0.4) is 0 Å². The van der Waals surface area contributed by atoms with Crippen LogP contribution in [0.1, 0.15) is 21.5 Å². The Morgan fingerprint density at radius 3 is 2.47 bits per heavy atom. The number of benzene rings is 1. The molecular weight excluding hydrogens is 220 g/mol. The quantitative estimate of drug-likeness (QED) is 0.779. The van der Waals surface area contributed by atoms with Gasteiger partial charge in [-0.2, -0.15) is 0 Å². The van der Waals surface area contributed by atoms with Crippen LogP contribution in [0.5, 0.6) is 0 Å². The molecule has 0 spiro atoms. The van der Waals surface area contributed by atoms with E-state index in [0.717, 1.165) is 30.8 Å². The van der Waals surface area contributed by atoms with Crippen molar-refractivity contribution in [3.8, 4) is 0 Å². The summed E-state index contributed by atoms with van der Waals surface area (Å²) in [7, 11) is 0. The van der Waals surface area contributed by atoms with Crippen molar-refractivity contribution >= 4 is 5.97 Å². The average Bonchev–Trinajstić information content (AvgIpc) is 3.13. The summed E-state index contributed by atoms with van der Waals surface area (Å²) in [6.45, 7) is 1.53. The molecular formula is C13H14O4. The number of aromatic carboxylic acids is 1. The molecule has 0 bridgehead atoms. The minimum absolute atomic E-state index is 0.203. The third kappa shape index (κ3) is 2.48. The van der Waals surface area contributed by atoms with Crippen molar-refractivity contribution in [2.75, 3.05) is 13.2 Å². The van der Waals surface area contributed by atoms with Crippen LogP contribution in [-0.4, -0.2) is 36.5 Å². The first-order chi connectivity index (χ1) is 8.24. The summed E-state index contributed by atoms with van der Waals surface area (Å²) in [6, 6.07) is 5.46. The van der Waals surface area contributed by atoms with E-state index < -0.39 is 5.97 Å². The predicted octanol–water partition coefficient (Wildman–Crippen LogP) is 1.27. The predicted molar refractivity (Wildman–Crippen MR) is 60.3 cm³/mol. The maximum Gasteiger partial charge on any atom is 0.335 e. The summed E-state index contributed by atoms with van der Waals surface area (Å²) in [4.78, 5) is 11.2. The van der Waals surface area contributed by atoms with E-state index in [0.29, 0.717) is 12.0 Å². The molecule has 17 heavy (non-hydrogen) atoms. The third-order valence-electron chi connectivity index (χ3n) is 3.19. The zero-order chi connectivity index (χ0) is 11.8. The van der Waals surface area contributed by atoms with Crippen LogP contribution in [0.25, 0.3) is 0 Å². The van der Waals surface area contributed by atoms with Crippen molar-refractivity contribution in [2.24, 2.45) is 0 Å². The number of rotatable bonds is 5. The lowest BCUT2D eigenvalue weighted by Crippen LogP contribution is -2.10. The van der Waals surface area contributed by atoms with Crippen LogP contribution in [-0.2, 0) is 22.3 Å². The van der Waals surface area contributed by atoms with E-state index in [1.165, 1.54) is 0 Å². The number of ether oxygens (including phenoxy) is 2. The molecule has 2 unspecified atom stereocenters. The molecule has 1 aromatic rings. The van der Waals surface area contributed by atoms with Crippen LogP contribution >= 0.6 is 0 Å². The third-order valence-corrected chi connectivity index (χ3v) is 3.19. The van der Waals surface area contributed by atoms with Gasteiger partial charge in [0.2, 0.25) is 0 Å². The molecule has 0 saturated carbocycles. The van der Waals surface area contributed by atoms with Gasteiger partial charge >= 0.3 is 5.97 Å². The van der Waals surface area contributed by atoms with E-state index in [4.69, 9.17) is 9.47 Å². The first-order valence-corrected chi connectivity index (χ1v) is 5.81. The van der Waals surface area contributed by atoms with E-state index in [1.54, 1.807) is 12.1 Å². The molecule has 2 aliphatic rings. The molecule has 0 amide bonds. The lowest BCUT2D eigenvalue weighted by atomic mass is 9.94. The van der Waals surface area contributed by atoms with Gasteiger partial charge in [0.25, 0.3) is 0 Å². The van der Waals surface area contributed by atoms with Gasteiger partial charge in [-0.3, -0.25) is 0 Å². The van der Waals surface area contributed by atoms with Gasteiger partial charge < -0.3 is 14.6 Å². The van der Waals surface area contributed by atoms with Crippen molar-refractivity contribution in [1.29, 1.82) is 0 Å². The van der Waals surface area contributed by atoms with E-state index in [-0.39, 0.29) is 12.2 Å². The Kier molecular flexibility index (Phi) is 2.61. The van der Waals surface area contributed by atoms with E-state index in [2.05, 4.69) is 0 Å². The highest BCUT2D eigenvalue weighted by molar-refractivity contribution is 5.89. The lowest BCUT2D eigenvalue weighted by Gasteiger charge is -2.10. The number of epoxide rings is 2. The van der Waals surface area contributed by atoms with Crippen LogP contribution in [0.2, 0.25) is 0 Å². The van der Waals surface area contributed by atoms with Gasteiger partial charge in [-0.1, -0.05) is 12.1 Å². The minimum atomic E-state index is -0.862. The van der Waals surface area contributed by atoms with Crippen LogP contribution in [0, 0.1) is 0 Å². The fourth-order valence-electron chi connectivity index (χ4n) is 2.11. The maximum absolute atomic E-state index is 11.2. The van der Waals surface area contributed by atoms with Gasteiger partial charge in [-0.15, -0.1) is 0 Å². The molecule has 90 valence electrons. The molecule has 0 aliphatic carbocycles. The lowest BCUT2D eigenvalue weighted by molar-refractivity contribution is 0.0695. The summed E-state index contributed by atoms with van der Waals surface area (Å²) < 4.78 is 10.4. The van der Waals surface area contributed by atoms with Crippen LogP contribution < -0.4 is 0 Å². The zero-order valence-corrected chi connectivity index (χ0v) is 9.39. The van der Waals surface area contributed by atoms with Crippen molar-refractivity contribution < 1.29 is 19.4 Å². The smallest absolute Gasteiger partial charge is 0.335 e. The van der Waals surface area contributed by atoms with Crippen molar-refractivity contribution in [3.63, 3.8) is 0 Å². The van der Waals surface area contributed by atoms with Gasteiger partial charge in [-0.05, 0) is 17.2 Å². The maximum atomic E-state index is 11.2. The first kappa shape index (κ1) is 10.7. The van der Waals surface area contributed by atoms with Gasteiger partial charge in [-0.25, -0.2) is 4.79 Å². The van der Waals surface area contributed by atoms with Crippen molar-refractivity contribution in [2.45, 2.75) is 25.0 Å². The van der Waals surface area contributed by atoms with Gasteiger partial charge in [0.05, 0.1) is 31.0 Å². The van der Waals surface area contributed by atoms with Gasteiger partial charge in [0.15, 0.2) is 0 Å². The molecule has 2 aliphatic heterocycles. The van der Waals surface area contributed by atoms with E-state index in [1.807, 2.05) is 6.07 Å². The summed E-state index contributed by atoms with van der Waals surface area (Å²) >= 11 is 0. The fourth-order valence-corrected chi connectivity index (χ4v) is 2.11. The molecule has 4 nitrogen and oxygen atoms in total. The van der Waals surface area contributed by atoms with Gasteiger partial charge in [0, 0.05) is 12.8 Å². The molecule has 2 fully saturated rings. The minimum Gasteiger partial charge on any atom is -0.478 e. The second-order valence-electron chi connectivity index (χ2n) is 4.57. The van der Waals surface area contributed by atoms with Crippen LogP contribution in [0.15, 0.2) is 18.2 Å². The Labute approximate surface area is 99.2 Å². The summed E-state index contributed by atoms with van der Waals surface area (Å²) in [5, 5.41) is 9.20. The Hall–Kier alpha value is -1.39. The number of hydrogen-bond acceptors (Lipinski definition) is 3. The summed E-state index contributed by atoms with van der Waals surface area (Å²) in [6.07, 6.45) is 1.99. The van der Waals surface area contributed by atoms with Gasteiger partial charge in [0.1, 0.15) is 0 Å². The van der Waals surface area contributed by atoms with Crippen molar-refractivity contribution in [1.82, 2.24) is 0 Å². The van der Waals surface area contributed by atoms with Crippen LogP contribution in [0.4, 0.5) is 0 Å². The Morgan fingerprint density at radius 1 is 1.24 bits per heavy atom.